The van der Waals surface area contributed by atoms with E-state index in [1.165, 1.54) is 5.69 Å². The molecule has 2 amide bonds. The van der Waals surface area contributed by atoms with E-state index in [0.717, 1.165) is 25.9 Å². The van der Waals surface area contributed by atoms with E-state index < -0.39 is 0 Å². The summed E-state index contributed by atoms with van der Waals surface area (Å²) in [5.74, 6) is -0.339. The minimum atomic E-state index is -0.222. The summed E-state index contributed by atoms with van der Waals surface area (Å²) in [6.45, 7) is 1.93. The van der Waals surface area contributed by atoms with Gasteiger partial charge in [-0.15, -0.1) is 0 Å². The Hall–Kier alpha value is -1.95. The van der Waals surface area contributed by atoms with Gasteiger partial charge in [-0.3, -0.25) is 19.9 Å². The number of piperidine rings is 2. The van der Waals surface area contributed by atoms with Crippen LogP contribution in [-0.4, -0.2) is 42.0 Å². The van der Waals surface area contributed by atoms with E-state index in [0.29, 0.717) is 18.9 Å². The second-order valence-corrected chi connectivity index (χ2v) is 5.64. The van der Waals surface area contributed by atoms with Crippen molar-refractivity contribution < 1.29 is 9.59 Å². The van der Waals surface area contributed by atoms with Crippen molar-refractivity contribution in [3.05, 3.63) is 24.5 Å². The maximum atomic E-state index is 11.8. The molecule has 2 N–H and O–H groups in total. The van der Waals surface area contributed by atoms with Gasteiger partial charge in [-0.05, 0) is 31.4 Å². The first kappa shape index (κ1) is 14.0. The van der Waals surface area contributed by atoms with Crippen LogP contribution in [0.3, 0.4) is 0 Å². The number of aromatic nitrogens is 1. The van der Waals surface area contributed by atoms with Crippen LogP contribution in [0.1, 0.15) is 25.7 Å². The second kappa shape index (κ2) is 6.22. The van der Waals surface area contributed by atoms with E-state index in [2.05, 4.69) is 20.5 Å². The summed E-state index contributed by atoms with van der Waals surface area (Å²) < 4.78 is 0. The zero-order chi connectivity index (χ0) is 14.7. The van der Waals surface area contributed by atoms with E-state index in [-0.39, 0.29) is 17.9 Å². The summed E-state index contributed by atoms with van der Waals surface area (Å²) in [6.07, 6.45) is 6.65. The highest BCUT2D eigenvalue weighted by Gasteiger charge is 2.29. The molecule has 3 rings (SSSR count). The van der Waals surface area contributed by atoms with Crippen molar-refractivity contribution in [2.24, 2.45) is 0 Å². The molecule has 1 atom stereocenters. The van der Waals surface area contributed by atoms with Gasteiger partial charge >= 0.3 is 0 Å². The molecule has 6 heteroatoms. The number of carbonyl (C=O) groups excluding carboxylic acids is 2. The van der Waals surface area contributed by atoms with Crippen LogP contribution < -0.4 is 15.5 Å². The largest absolute Gasteiger partial charge is 0.371 e. The van der Waals surface area contributed by atoms with Crippen molar-refractivity contribution in [3.63, 3.8) is 0 Å². The highest BCUT2D eigenvalue weighted by molar-refractivity contribution is 6.00. The van der Waals surface area contributed by atoms with Crippen LogP contribution in [0.25, 0.3) is 0 Å². The summed E-state index contributed by atoms with van der Waals surface area (Å²) in [4.78, 5) is 29.3. The van der Waals surface area contributed by atoms with Gasteiger partial charge in [0.2, 0.25) is 11.8 Å². The smallest absolute Gasteiger partial charge is 0.243 e. The Morgan fingerprint density at radius 1 is 1.14 bits per heavy atom. The minimum Gasteiger partial charge on any atom is -0.371 e. The maximum absolute atomic E-state index is 11.8. The van der Waals surface area contributed by atoms with Crippen molar-refractivity contribution in [2.45, 2.75) is 37.8 Å². The zero-order valence-corrected chi connectivity index (χ0v) is 11.9. The lowest BCUT2D eigenvalue weighted by Gasteiger charge is -2.36. The lowest BCUT2D eigenvalue weighted by molar-refractivity contribution is -0.134. The minimum absolute atomic E-state index is 0.162. The predicted octanol–water partition coefficient (Wildman–Crippen LogP) is 0.445. The first-order valence-electron chi connectivity index (χ1n) is 7.47. The molecule has 2 fully saturated rings. The van der Waals surface area contributed by atoms with E-state index in [1.54, 1.807) is 0 Å². The number of pyridine rings is 1. The van der Waals surface area contributed by atoms with Gasteiger partial charge in [-0.2, -0.15) is 0 Å². The third-order valence-electron chi connectivity index (χ3n) is 4.20. The first-order valence-corrected chi connectivity index (χ1v) is 7.47. The average molecular weight is 288 g/mol. The lowest BCUT2D eigenvalue weighted by Crippen LogP contribution is -2.55. The van der Waals surface area contributed by atoms with Crippen LogP contribution >= 0.6 is 0 Å². The fraction of sp³-hybridized carbons (Fsp3) is 0.533. The Labute approximate surface area is 123 Å². The van der Waals surface area contributed by atoms with E-state index in [4.69, 9.17) is 0 Å². The number of nitrogens with zero attached hydrogens (tertiary/aromatic N) is 2. The van der Waals surface area contributed by atoms with Crippen molar-refractivity contribution in [2.75, 3.05) is 18.0 Å². The molecule has 1 aromatic heterocycles. The molecule has 1 unspecified atom stereocenters. The number of hydrogen-bond acceptors (Lipinski definition) is 5. The first-order chi connectivity index (χ1) is 10.2. The zero-order valence-electron chi connectivity index (χ0n) is 11.9. The maximum Gasteiger partial charge on any atom is 0.243 e. The van der Waals surface area contributed by atoms with E-state index in [9.17, 15) is 9.59 Å². The summed E-state index contributed by atoms with van der Waals surface area (Å²) in [6, 6.07) is 4.16. The van der Waals surface area contributed by atoms with Crippen LogP contribution in [0.15, 0.2) is 24.5 Å². The van der Waals surface area contributed by atoms with Crippen LogP contribution in [0, 0.1) is 0 Å². The number of rotatable bonds is 3. The molecule has 0 radical (unpaired) electrons. The standard InChI is InChI=1S/C15H20N4O2/c20-14-2-1-13(15(21)18-14)17-11-5-9-19(10-6-11)12-3-7-16-8-4-12/h3-4,7-8,11,13,17H,1-2,5-6,9-10H2,(H,18,20,21). The Morgan fingerprint density at radius 3 is 2.52 bits per heavy atom. The Balaban J connectivity index is 1.50. The van der Waals surface area contributed by atoms with Gasteiger partial charge in [-0.1, -0.05) is 0 Å². The number of imide groups is 1. The molecule has 2 saturated heterocycles. The molecule has 2 aliphatic rings. The van der Waals surface area contributed by atoms with Crippen LogP contribution in [0.4, 0.5) is 5.69 Å². The molecule has 2 aliphatic heterocycles. The summed E-state index contributed by atoms with van der Waals surface area (Å²) in [7, 11) is 0. The molecular weight excluding hydrogens is 268 g/mol. The third kappa shape index (κ3) is 3.39. The SMILES string of the molecule is O=C1CCC(NC2CCN(c3ccncc3)CC2)C(=O)N1. The second-order valence-electron chi connectivity index (χ2n) is 5.64. The summed E-state index contributed by atoms with van der Waals surface area (Å²) in [5.41, 5.74) is 1.20. The molecule has 21 heavy (non-hydrogen) atoms. The van der Waals surface area contributed by atoms with E-state index in [1.807, 2.05) is 24.5 Å². The number of amides is 2. The van der Waals surface area contributed by atoms with E-state index >= 15 is 0 Å². The van der Waals surface area contributed by atoms with Gasteiger partial charge in [0, 0.05) is 43.6 Å². The molecular formula is C15H20N4O2. The van der Waals surface area contributed by atoms with Crippen molar-refractivity contribution in [3.8, 4) is 0 Å². The van der Waals surface area contributed by atoms with Gasteiger partial charge in [0.1, 0.15) is 0 Å². The quantitative estimate of drug-likeness (QED) is 0.790. The molecule has 6 nitrogen and oxygen atoms in total. The molecule has 3 heterocycles. The highest BCUT2D eigenvalue weighted by Crippen LogP contribution is 2.19. The number of hydrogen-bond donors (Lipinski definition) is 2. The lowest BCUT2D eigenvalue weighted by atomic mass is 10.00. The third-order valence-corrected chi connectivity index (χ3v) is 4.20. The Kier molecular flexibility index (Phi) is 4.15. The average Bonchev–Trinajstić information content (AvgIpc) is 2.52. The topological polar surface area (TPSA) is 74.3 Å². The molecule has 0 bridgehead atoms. The van der Waals surface area contributed by atoms with Gasteiger partial charge in [0.05, 0.1) is 6.04 Å². The number of anilines is 1. The molecule has 112 valence electrons. The number of nitrogens with one attached hydrogen (secondary N) is 2. The molecule has 0 spiro atoms. The van der Waals surface area contributed by atoms with Crippen LogP contribution in [0.5, 0.6) is 0 Å². The van der Waals surface area contributed by atoms with Crippen LogP contribution in [0.2, 0.25) is 0 Å². The van der Waals surface area contributed by atoms with Gasteiger partial charge < -0.3 is 10.2 Å². The van der Waals surface area contributed by atoms with Gasteiger partial charge in [0.25, 0.3) is 0 Å². The van der Waals surface area contributed by atoms with Crippen molar-refractivity contribution >= 4 is 17.5 Å². The predicted molar refractivity (Wildman–Crippen MR) is 78.8 cm³/mol. The fourth-order valence-electron chi connectivity index (χ4n) is 3.00. The number of carbonyl (C=O) groups is 2. The Bertz CT molecular complexity index is 512. The molecule has 1 aromatic rings. The van der Waals surface area contributed by atoms with Crippen molar-refractivity contribution in [1.29, 1.82) is 0 Å². The Morgan fingerprint density at radius 2 is 1.86 bits per heavy atom. The van der Waals surface area contributed by atoms with Gasteiger partial charge in [-0.25, -0.2) is 0 Å². The van der Waals surface area contributed by atoms with Gasteiger partial charge in [0.15, 0.2) is 0 Å². The molecule has 0 saturated carbocycles. The van der Waals surface area contributed by atoms with Crippen LogP contribution in [-0.2, 0) is 9.59 Å². The fourth-order valence-corrected chi connectivity index (χ4v) is 3.00. The monoisotopic (exact) mass is 288 g/mol. The normalized spacial score (nSPS) is 24.0. The molecule has 0 aromatic carbocycles. The summed E-state index contributed by atoms with van der Waals surface area (Å²) >= 11 is 0. The molecule has 0 aliphatic carbocycles. The summed E-state index contributed by atoms with van der Waals surface area (Å²) in [5, 5.41) is 5.79. The highest BCUT2D eigenvalue weighted by atomic mass is 16.2. The van der Waals surface area contributed by atoms with Crippen molar-refractivity contribution in [1.82, 2.24) is 15.6 Å².